The fourth-order valence-electron chi connectivity index (χ4n) is 1.61. The van der Waals surface area contributed by atoms with Crippen LogP contribution in [0.5, 0.6) is 0 Å². The third kappa shape index (κ3) is 3.77. The molecule has 0 saturated carbocycles. The summed E-state index contributed by atoms with van der Waals surface area (Å²) in [6.45, 7) is 1.34. The molecular weight excluding hydrogens is 282 g/mol. The summed E-state index contributed by atoms with van der Waals surface area (Å²) in [5.74, 6) is 0. The van der Waals surface area contributed by atoms with E-state index < -0.39 is 10.0 Å². The molecule has 5 nitrogen and oxygen atoms in total. The molecule has 0 fully saturated rings. The third-order valence-corrected chi connectivity index (χ3v) is 4.51. The van der Waals surface area contributed by atoms with Gasteiger partial charge in [-0.25, -0.2) is 13.6 Å². The van der Waals surface area contributed by atoms with E-state index in [1.54, 1.807) is 23.5 Å². The first-order valence-corrected chi connectivity index (χ1v) is 8.04. The van der Waals surface area contributed by atoms with E-state index in [-0.39, 0.29) is 4.90 Å². The SMILES string of the molecule is Nc1ccsc1CNCc1ccc(S(N)(=O)=O)cc1. The van der Waals surface area contributed by atoms with Crippen molar-refractivity contribution in [2.75, 3.05) is 5.73 Å². The van der Waals surface area contributed by atoms with Gasteiger partial charge in [0.15, 0.2) is 0 Å². The van der Waals surface area contributed by atoms with E-state index in [1.807, 2.05) is 11.4 Å². The lowest BCUT2D eigenvalue weighted by Gasteiger charge is -2.05. The van der Waals surface area contributed by atoms with Crippen LogP contribution in [-0.2, 0) is 23.1 Å². The summed E-state index contributed by atoms with van der Waals surface area (Å²) >= 11 is 1.61. The van der Waals surface area contributed by atoms with E-state index in [1.165, 1.54) is 12.1 Å². The van der Waals surface area contributed by atoms with Gasteiger partial charge in [-0.15, -0.1) is 11.3 Å². The number of thiophene rings is 1. The second-order valence-electron chi connectivity index (χ2n) is 4.09. The van der Waals surface area contributed by atoms with E-state index >= 15 is 0 Å². The first kappa shape index (κ1) is 14.0. The Bertz CT molecular complexity index is 648. The lowest BCUT2D eigenvalue weighted by Crippen LogP contribution is -2.14. The zero-order valence-corrected chi connectivity index (χ0v) is 11.8. The van der Waals surface area contributed by atoms with Crippen molar-refractivity contribution in [3.8, 4) is 0 Å². The number of hydrogen-bond donors (Lipinski definition) is 3. The maximum Gasteiger partial charge on any atom is 0.238 e. The minimum atomic E-state index is -3.62. The van der Waals surface area contributed by atoms with Gasteiger partial charge in [0.2, 0.25) is 10.0 Å². The molecule has 0 amide bonds. The molecule has 0 aliphatic heterocycles. The van der Waals surface area contributed by atoms with E-state index in [2.05, 4.69) is 5.32 Å². The average molecular weight is 297 g/mol. The van der Waals surface area contributed by atoms with Gasteiger partial charge in [-0.05, 0) is 29.1 Å². The molecule has 1 aromatic carbocycles. The van der Waals surface area contributed by atoms with Crippen LogP contribution in [0.4, 0.5) is 5.69 Å². The van der Waals surface area contributed by atoms with Crippen molar-refractivity contribution in [3.63, 3.8) is 0 Å². The van der Waals surface area contributed by atoms with Crippen molar-refractivity contribution in [2.24, 2.45) is 5.14 Å². The minimum Gasteiger partial charge on any atom is -0.398 e. The summed E-state index contributed by atoms with van der Waals surface area (Å²) in [4.78, 5) is 1.22. The average Bonchev–Trinajstić information content (AvgIpc) is 2.75. The molecular formula is C12H15N3O2S2. The number of nitrogens with two attached hydrogens (primary N) is 2. The maximum absolute atomic E-state index is 11.1. The lowest BCUT2D eigenvalue weighted by molar-refractivity contribution is 0.597. The Morgan fingerprint density at radius 1 is 1.11 bits per heavy atom. The Balaban J connectivity index is 1.92. The van der Waals surface area contributed by atoms with E-state index in [0.29, 0.717) is 13.1 Å². The Morgan fingerprint density at radius 2 is 1.79 bits per heavy atom. The van der Waals surface area contributed by atoms with E-state index in [0.717, 1.165) is 16.1 Å². The number of nitrogen functional groups attached to an aromatic ring is 1. The van der Waals surface area contributed by atoms with Crippen molar-refractivity contribution in [1.82, 2.24) is 5.32 Å². The van der Waals surface area contributed by atoms with Crippen LogP contribution in [0.25, 0.3) is 0 Å². The number of sulfonamides is 1. The molecule has 7 heteroatoms. The Kier molecular flexibility index (Phi) is 4.20. The zero-order chi connectivity index (χ0) is 13.9. The van der Waals surface area contributed by atoms with Gasteiger partial charge < -0.3 is 11.1 Å². The second kappa shape index (κ2) is 5.70. The van der Waals surface area contributed by atoms with Crippen LogP contribution < -0.4 is 16.2 Å². The third-order valence-electron chi connectivity index (χ3n) is 2.65. The number of primary sulfonamides is 1. The predicted molar refractivity (Wildman–Crippen MR) is 77.1 cm³/mol. The van der Waals surface area contributed by atoms with Crippen molar-refractivity contribution < 1.29 is 8.42 Å². The molecule has 0 unspecified atom stereocenters. The van der Waals surface area contributed by atoms with E-state index in [4.69, 9.17) is 10.9 Å². The van der Waals surface area contributed by atoms with Crippen LogP contribution in [0, 0.1) is 0 Å². The molecule has 1 heterocycles. The molecule has 0 aliphatic rings. The maximum atomic E-state index is 11.1. The van der Waals surface area contributed by atoms with Crippen LogP contribution in [-0.4, -0.2) is 8.42 Å². The standard InChI is InChI=1S/C12H15N3O2S2/c13-11-5-6-18-12(11)8-15-7-9-1-3-10(4-2-9)19(14,16)17/h1-6,15H,7-8,13H2,(H2,14,16,17). The summed E-state index contributed by atoms with van der Waals surface area (Å²) in [5.41, 5.74) is 7.56. The highest BCUT2D eigenvalue weighted by atomic mass is 32.2. The second-order valence-corrected chi connectivity index (χ2v) is 6.65. The molecule has 0 saturated heterocycles. The molecule has 0 atom stereocenters. The molecule has 2 aromatic rings. The molecule has 0 bridgehead atoms. The zero-order valence-electron chi connectivity index (χ0n) is 10.2. The summed E-state index contributed by atoms with van der Waals surface area (Å²) in [7, 11) is -3.62. The molecule has 1 aromatic heterocycles. The number of nitrogens with one attached hydrogen (secondary N) is 1. The summed E-state index contributed by atoms with van der Waals surface area (Å²) < 4.78 is 22.2. The van der Waals surface area contributed by atoms with Gasteiger partial charge >= 0.3 is 0 Å². The Labute approximate surface area is 116 Å². The van der Waals surface area contributed by atoms with Crippen LogP contribution >= 0.6 is 11.3 Å². The minimum absolute atomic E-state index is 0.124. The normalized spacial score (nSPS) is 11.6. The largest absolute Gasteiger partial charge is 0.398 e. The molecule has 19 heavy (non-hydrogen) atoms. The first-order valence-electron chi connectivity index (χ1n) is 5.61. The fraction of sp³-hybridized carbons (Fsp3) is 0.167. The molecule has 2 rings (SSSR count). The number of anilines is 1. The highest BCUT2D eigenvalue weighted by molar-refractivity contribution is 7.89. The quantitative estimate of drug-likeness (QED) is 0.774. The number of rotatable bonds is 5. The highest BCUT2D eigenvalue weighted by Gasteiger charge is 2.06. The molecule has 102 valence electrons. The molecule has 0 aliphatic carbocycles. The van der Waals surface area contributed by atoms with Gasteiger partial charge in [0.05, 0.1) is 4.90 Å². The van der Waals surface area contributed by atoms with Crippen LogP contribution in [0.3, 0.4) is 0 Å². The highest BCUT2D eigenvalue weighted by Crippen LogP contribution is 2.18. The number of hydrogen-bond acceptors (Lipinski definition) is 5. The van der Waals surface area contributed by atoms with E-state index in [9.17, 15) is 8.42 Å². The fourth-order valence-corrected chi connectivity index (χ4v) is 2.90. The lowest BCUT2D eigenvalue weighted by atomic mass is 10.2. The van der Waals surface area contributed by atoms with Gasteiger partial charge in [-0.1, -0.05) is 12.1 Å². The molecule has 0 spiro atoms. The van der Waals surface area contributed by atoms with Gasteiger partial charge in [-0.3, -0.25) is 0 Å². The van der Waals surface area contributed by atoms with Gasteiger partial charge in [0, 0.05) is 23.7 Å². The summed E-state index contributed by atoms with van der Waals surface area (Å²) in [5, 5.41) is 10.2. The van der Waals surface area contributed by atoms with Crippen molar-refractivity contribution in [2.45, 2.75) is 18.0 Å². The summed E-state index contributed by atoms with van der Waals surface area (Å²) in [6.07, 6.45) is 0. The van der Waals surface area contributed by atoms with Crippen LogP contribution in [0.15, 0.2) is 40.6 Å². The predicted octanol–water partition coefficient (Wildman–Crippen LogP) is 1.27. The molecule has 5 N–H and O–H groups in total. The number of benzene rings is 1. The van der Waals surface area contributed by atoms with Gasteiger partial charge in [-0.2, -0.15) is 0 Å². The van der Waals surface area contributed by atoms with Crippen LogP contribution in [0.1, 0.15) is 10.4 Å². The first-order chi connectivity index (χ1) is 8.97. The van der Waals surface area contributed by atoms with Gasteiger partial charge in [0.1, 0.15) is 0 Å². The monoisotopic (exact) mass is 297 g/mol. The smallest absolute Gasteiger partial charge is 0.238 e. The summed E-state index contributed by atoms with van der Waals surface area (Å²) in [6, 6.07) is 8.37. The topological polar surface area (TPSA) is 98.2 Å². The molecule has 0 radical (unpaired) electrons. The van der Waals surface area contributed by atoms with Gasteiger partial charge in [0.25, 0.3) is 0 Å². The van der Waals surface area contributed by atoms with Crippen LogP contribution in [0.2, 0.25) is 0 Å². The van der Waals surface area contributed by atoms with Crippen molar-refractivity contribution in [1.29, 1.82) is 0 Å². The van der Waals surface area contributed by atoms with Crippen molar-refractivity contribution in [3.05, 3.63) is 46.2 Å². The Morgan fingerprint density at radius 3 is 2.32 bits per heavy atom. The van der Waals surface area contributed by atoms with Crippen molar-refractivity contribution >= 4 is 27.0 Å². The Hall–Kier alpha value is -1.41.